The van der Waals surface area contributed by atoms with Crippen LogP contribution < -0.4 is 10.5 Å². The van der Waals surface area contributed by atoms with Gasteiger partial charge in [0.15, 0.2) is 0 Å². The molecule has 1 aromatic carbocycles. The fourth-order valence-corrected chi connectivity index (χ4v) is 2.70. The summed E-state index contributed by atoms with van der Waals surface area (Å²) in [5, 5.41) is 0.881. The van der Waals surface area contributed by atoms with Gasteiger partial charge in [-0.05, 0) is 44.6 Å². The summed E-state index contributed by atoms with van der Waals surface area (Å²) in [5.41, 5.74) is 7.40. The average Bonchev–Trinajstić information content (AvgIpc) is 2.46. The molecule has 1 aromatic heterocycles. The Kier molecular flexibility index (Phi) is 3.69. The summed E-state index contributed by atoms with van der Waals surface area (Å²) in [5.74, 6) is 0.626. The van der Waals surface area contributed by atoms with Gasteiger partial charge in [-0.25, -0.2) is 9.97 Å². The monoisotopic (exact) mass is 272 g/mol. The van der Waals surface area contributed by atoms with Crippen LogP contribution >= 0.6 is 0 Å². The highest BCUT2D eigenvalue weighted by atomic mass is 16.5. The predicted molar refractivity (Wildman–Crippen MR) is 79.7 cm³/mol. The van der Waals surface area contributed by atoms with E-state index in [1.54, 1.807) is 6.33 Å². The van der Waals surface area contributed by atoms with E-state index in [0.29, 0.717) is 24.2 Å². The number of likely N-dealkylation sites (tertiary alicyclic amines) is 1. The van der Waals surface area contributed by atoms with E-state index in [-0.39, 0.29) is 0 Å². The Balaban J connectivity index is 1.78. The van der Waals surface area contributed by atoms with Crippen LogP contribution in [0.3, 0.4) is 0 Å². The molecule has 106 valence electrons. The minimum atomic E-state index is 0.467. The van der Waals surface area contributed by atoms with Crippen LogP contribution in [0.1, 0.15) is 19.3 Å². The molecule has 1 saturated heterocycles. The molecule has 1 fully saturated rings. The number of fused-ring (bicyclic) bond motifs is 1. The van der Waals surface area contributed by atoms with Crippen molar-refractivity contribution >= 4 is 16.6 Å². The Morgan fingerprint density at radius 3 is 3.10 bits per heavy atom. The molecule has 5 nitrogen and oxygen atoms in total. The van der Waals surface area contributed by atoms with Gasteiger partial charge in [0.05, 0.1) is 10.9 Å². The van der Waals surface area contributed by atoms with Gasteiger partial charge in [0.25, 0.3) is 0 Å². The van der Waals surface area contributed by atoms with Crippen LogP contribution in [0.2, 0.25) is 0 Å². The number of hydrogen-bond donors (Lipinski definition) is 1. The van der Waals surface area contributed by atoms with E-state index in [0.717, 1.165) is 17.4 Å². The number of nitrogens with two attached hydrogens (primary N) is 1. The topological polar surface area (TPSA) is 64.3 Å². The van der Waals surface area contributed by atoms with Crippen molar-refractivity contribution in [3.8, 4) is 5.88 Å². The summed E-state index contributed by atoms with van der Waals surface area (Å²) in [6, 6.07) is 6.07. The molecule has 2 heterocycles. The first-order valence-electron chi connectivity index (χ1n) is 7.07. The van der Waals surface area contributed by atoms with Crippen molar-refractivity contribution in [2.24, 2.45) is 0 Å². The minimum absolute atomic E-state index is 0.467. The van der Waals surface area contributed by atoms with Crippen LogP contribution in [-0.4, -0.2) is 41.1 Å². The molecule has 0 amide bonds. The Labute approximate surface area is 118 Å². The van der Waals surface area contributed by atoms with Crippen LogP contribution in [0.25, 0.3) is 10.9 Å². The molecule has 1 atom stereocenters. The SMILES string of the molecule is CN1CCCCC1COc1ncnc2ccc(N)cc12. The van der Waals surface area contributed by atoms with E-state index >= 15 is 0 Å². The third-order valence-corrected chi connectivity index (χ3v) is 3.96. The van der Waals surface area contributed by atoms with Crippen molar-refractivity contribution in [2.75, 3.05) is 25.9 Å². The number of rotatable bonds is 3. The third-order valence-electron chi connectivity index (χ3n) is 3.96. The first-order valence-corrected chi connectivity index (χ1v) is 7.07. The van der Waals surface area contributed by atoms with Crippen LogP contribution in [-0.2, 0) is 0 Å². The lowest BCUT2D eigenvalue weighted by Crippen LogP contribution is -2.40. The molecule has 2 aromatic rings. The molecular weight excluding hydrogens is 252 g/mol. The molecule has 2 N–H and O–H groups in total. The van der Waals surface area contributed by atoms with E-state index in [2.05, 4.69) is 21.9 Å². The summed E-state index contributed by atoms with van der Waals surface area (Å²) in [6.07, 6.45) is 5.27. The summed E-state index contributed by atoms with van der Waals surface area (Å²) < 4.78 is 5.94. The maximum Gasteiger partial charge on any atom is 0.224 e. The van der Waals surface area contributed by atoms with Gasteiger partial charge < -0.3 is 15.4 Å². The number of hydrogen-bond acceptors (Lipinski definition) is 5. The van der Waals surface area contributed by atoms with Gasteiger partial charge in [0.2, 0.25) is 5.88 Å². The van der Waals surface area contributed by atoms with Gasteiger partial charge >= 0.3 is 0 Å². The normalized spacial score (nSPS) is 20.1. The zero-order chi connectivity index (χ0) is 13.9. The lowest BCUT2D eigenvalue weighted by molar-refractivity contribution is 0.123. The maximum atomic E-state index is 5.94. The molecule has 5 heteroatoms. The quantitative estimate of drug-likeness (QED) is 0.867. The smallest absolute Gasteiger partial charge is 0.224 e. The predicted octanol–water partition coefficient (Wildman–Crippen LogP) is 2.08. The summed E-state index contributed by atoms with van der Waals surface area (Å²) in [6.45, 7) is 1.81. The molecule has 0 spiro atoms. The number of piperidine rings is 1. The van der Waals surface area contributed by atoms with Crippen molar-refractivity contribution in [1.29, 1.82) is 0 Å². The van der Waals surface area contributed by atoms with Crippen molar-refractivity contribution in [3.05, 3.63) is 24.5 Å². The number of likely N-dealkylation sites (N-methyl/N-ethyl adjacent to an activating group) is 1. The largest absolute Gasteiger partial charge is 0.475 e. The molecule has 0 radical (unpaired) electrons. The highest BCUT2D eigenvalue weighted by Gasteiger charge is 2.20. The van der Waals surface area contributed by atoms with Gasteiger partial charge in [-0.2, -0.15) is 0 Å². The molecular formula is C15H20N4O. The molecule has 1 aliphatic heterocycles. The van der Waals surface area contributed by atoms with Crippen molar-refractivity contribution in [1.82, 2.24) is 14.9 Å². The van der Waals surface area contributed by atoms with Crippen LogP contribution in [0.5, 0.6) is 5.88 Å². The van der Waals surface area contributed by atoms with Crippen molar-refractivity contribution in [3.63, 3.8) is 0 Å². The summed E-state index contributed by atoms with van der Waals surface area (Å²) >= 11 is 0. The van der Waals surface area contributed by atoms with Crippen LogP contribution in [0.15, 0.2) is 24.5 Å². The molecule has 1 unspecified atom stereocenters. The van der Waals surface area contributed by atoms with E-state index in [1.165, 1.54) is 19.3 Å². The standard InChI is InChI=1S/C15H20N4O/c1-19-7-3-2-4-12(19)9-20-15-13-8-11(16)5-6-14(13)17-10-18-15/h5-6,8,10,12H,2-4,7,9,16H2,1H3. The van der Waals surface area contributed by atoms with Gasteiger partial charge in [-0.3, -0.25) is 0 Å². The number of nitrogens with zero attached hydrogens (tertiary/aromatic N) is 3. The Hall–Kier alpha value is -1.88. The Morgan fingerprint density at radius 1 is 1.35 bits per heavy atom. The fourth-order valence-electron chi connectivity index (χ4n) is 2.70. The highest BCUT2D eigenvalue weighted by Crippen LogP contribution is 2.24. The fraction of sp³-hybridized carbons (Fsp3) is 0.467. The second-order valence-electron chi connectivity index (χ2n) is 5.40. The average molecular weight is 272 g/mol. The Bertz CT molecular complexity index is 601. The number of ether oxygens (including phenoxy) is 1. The zero-order valence-electron chi connectivity index (χ0n) is 11.7. The molecule has 3 rings (SSSR count). The summed E-state index contributed by atoms with van der Waals surface area (Å²) in [4.78, 5) is 10.8. The summed E-state index contributed by atoms with van der Waals surface area (Å²) in [7, 11) is 2.16. The van der Waals surface area contributed by atoms with Gasteiger partial charge in [0.1, 0.15) is 12.9 Å². The van der Waals surface area contributed by atoms with Gasteiger partial charge in [-0.1, -0.05) is 6.42 Å². The van der Waals surface area contributed by atoms with Crippen molar-refractivity contribution < 1.29 is 4.74 Å². The van der Waals surface area contributed by atoms with Gasteiger partial charge in [0, 0.05) is 11.7 Å². The van der Waals surface area contributed by atoms with Crippen LogP contribution in [0, 0.1) is 0 Å². The lowest BCUT2D eigenvalue weighted by Gasteiger charge is -2.32. The first-order chi connectivity index (χ1) is 9.74. The molecule has 0 aliphatic carbocycles. The number of benzene rings is 1. The van der Waals surface area contributed by atoms with E-state index in [4.69, 9.17) is 10.5 Å². The van der Waals surface area contributed by atoms with E-state index in [9.17, 15) is 0 Å². The molecule has 0 saturated carbocycles. The lowest BCUT2D eigenvalue weighted by atomic mass is 10.0. The van der Waals surface area contributed by atoms with Crippen LogP contribution in [0.4, 0.5) is 5.69 Å². The van der Waals surface area contributed by atoms with E-state index in [1.807, 2.05) is 18.2 Å². The highest BCUT2D eigenvalue weighted by molar-refractivity contribution is 5.86. The van der Waals surface area contributed by atoms with Crippen molar-refractivity contribution in [2.45, 2.75) is 25.3 Å². The second kappa shape index (κ2) is 5.63. The molecule has 1 aliphatic rings. The number of anilines is 1. The molecule has 0 bridgehead atoms. The first kappa shape index (κ1) is 13.1. The zero-order valence-corrected chi connectivity index (χ0v) is 11.7. The Morgan fingerprint density at radius 2 is 2.25 bits per heavy atom. The minimum Gasteiger partial charge on any atom is -0.475 e. The molecule has 20 heavy (non-hydrogen) atoms. The van der Waals surface area contributed by atoms with E-state index < -0.39 is 0 Å². The number of nitrogen functional groups attached to an aromatic ring is 1. The van der Waals surface area contributed by atoms with Gasteiger partial charge in [-0.15, -0.1) is 0 Å². The third kappa shape index (κ3) is 2.67. The number of aromatic nitrogens is 2. The second-order valence-corrected chi connectivity index (χ2v) is 5.40. The maximum absolute atomic E-state index is 5.94.